The maximum atomic E-state index is 6.39. The lowest BCUT2D eigenvalue weighted by molar-refractivity contribution is -0.207. The van der Waals surface area contributed by atoms with Crippen LogP contribution in [0.3, 0.4) is 0 Å². The quantitative estimate of drug-likeness (QED) is 0.0343. The third-order valence-corrected chi connectivity index (χ3v) is 11.2. The molecule has 0 aliphatic rings. The largest absolute Gasteiger partial charge is 0.353 e. The number of ether oxygens (including phenoxy) is 7. The molecular formula is C54H106O7. The van der Waals surface area contributed by atoms with E-state index in [0.717, 1.165) is 116 Å². The minimum Gasteiger partial charge on any atom is -0.353 e. The molecule has 2 atom stereocenters. The van der Waals surface area contributed by atoms with Crippen molar-refractivity contribution in [3.63, 3.8) is 0 Å². The zero-order valence-corrected chi connectivity index (χ0v) is 41.8. The van der Waals surface area contributed by atoms with Crippen LogP contribution in [0.2, 0.25) is 0 Å². The molecule has 0 saturated carbocycles. The Bertz CT molecular complexity index is 762. The fourth-order valence-corrected chi connectivity index (χ4v) is 7.26. The average Bonchev–Trinajstić information content (AvgIpc) is 3.27. The van der Waals surface area contributed by atoms with Gasteiger partial charge in [0.25, 0.3) is 0 Å². The molecule has 0 aromatic heterocycles. The van der Waals surface area contributed by atoms with Gasteiger partial charge in [0, 0.05) is 39.6 Å². The molecular weight excluding hydrogens is 761 g/mol. The fraction of sp³-hybridized carbons (Fsp3) is 0.926. The van der Waals surface area contributed by atoms with Crippen molar-refractivity contribution in [1.29, 1.82) is 0 Å². The second-order valence-corrected chi connectivity index (χ2v) is 17.5. The second-order valence-electron chi connectivity index (χ2n) is 17.5. The van der Waals surface area contributed by atoms with Crippen molar-refractivity contribution in [1.82, 2.24) is 0 Å². The lowest BCUT2D eigenvalue weighted by atomic mass is 10.1. The molecule has 0 saturated heterocycles. The predicted octanol–water partition coefficient (Wildman–Crippen LogP) is 16.9. The highest BCUT2D eigenvalue weighted by Crippen LogP contribution is 2.17. The van der Waals surface area contributed by atoms with Gasteiger partial charge in [0.15, 0.2) is 25.2 Å². The minimum absolute atomic E-state index is 0.0876. The highest BCUT2D eigenvalue weighted by Gasteiger charge is 2.14. The summed E-state index contributed by atoms with van der Waals surface area (Å²) in [6.07, 6.45) is 48.2. The lowest BCUT2D eigenvalue weighted by Crippen LogP contribution is -2.25. The zero-order chi connectivity index (χ0) is 44.4. The van der Waals surface area contributed by atoms with E-state index in [1.54, 1.807) is 0 Å². The van der Waals surface area contributed by atoms with E-state index in [1.807, 2.05) is 0 Å². The van der Waals surface area contributed by atoms with Gasteiger partial charge in [0.1, 0.15) is 0 Å². The van der Waals surface area contributed by atoms with Crippen LogP contribution in [0.4, 0.5) is 0 Å². The number of rotatable bonds is 52. The minimum atomic E-state index is -0.436. The van der Waals surface area contributed by atoms with Gasteiger partial charge in [-0.2, -0.15) is 0 Å². The molecule has 0 aromatic carbocycles. The third kappa shape index (κ3) is 45.6. The van der Waals surface area contributed by atoms with Gasteiger partial charge in [-0.25, -0.2) is 0 Å². The van der Waals surface area contributed by atoms with Crippen LogP contribution in [-0.4, -0.2) is 64.8 Å². The van der Waals surface area contributed by atoms with Crippen LogP contribution in [0.15, 0.2) is 24.3 Å². The Balaban J connectivity index is 4.92. The second kappa shape index (κ2) is 51.8. The number of hydrogen-bond donors (Lipinski definition) is 0. The van der Waals surface area contributed by atoms with Crippen LogP contribution in [0.25, 0.3) is 0 Å². The van der Waals surface area contributed by atoms with E-state index in [2.05, 4.69) is 65.8 Å². The first-order valence-corrected chi connectivity index (χ1v) is 26.8. The molecule has 7 nitrogen and oxygen atoms in total. The van der Waals surface area contributed by atoms with Crippen LogP contribution < -0.4 is 0 Å². The molecule has 0 N–H and O–H groups in total. The normalized spacial score (nSPS) is 13.2. The Hall–Kier alpha value is -0.800. The van der Waals surface area contributed by atoms with Crippen molar-refractivity contribution in [2.75, 3.05) is 39.6 Å². The summed E-state index contributed by atoms with van der Waals surface area (Å²) < 4.78 is 43.7. The Kier molecular flexibility index (Phi) is 51.2. The first kappa shape index (κ1) is 60.2. The van der Waals surface area contributed by atoms with E-state index in [-0.39, 0.29) is 12.6 Å². The highest BCUT2D eigenvalue weighted by atomic mass is 16.8. The Morgan fingerprint density at radius 2 is 0.574 bits per heavy atom. The molecule has 0 aliphatic heterocycles. The van der Waals surface area contributed by atoms with Gasteiger partial charge in [-0.15, -0.1) is 0 Å². The molecule has 0 bridgehead atoms. The summed E-state index contributed by atoms with van der Waals surface area (Å²) in [5, 5.41) is 0. The maximum Gasteiger partial charge on any atom is 0.180 e. The highest BCUT2D eigenvalue weighted by molar-refractivity contribution is 4.90. The SMILES string of the molecule is CCCCCCCCOC(CCCCC=CC(OCCC)OC(C=CCCCCC(OCCCCCCCC)OCCCCCCCC)OCCC)OCCCCCCCC. The van der Waals surface area contributed by atoms with Gasteiger partial charge >= 0.3 is 0 Å². The summed E-state index contributed by atoms with van der Waals surface area (Å²) in [5.41, 5.74) is 0. The number of allylic oxidation sites excluding steroid dienone is 2. The summed E-state index contributed by atoms with van der Waals surface area (Å²) in [4.78, 5) is 0. The first-order chi connectivity index (χ1) is 30.1. The maximum absolute atomic E-state index is 6.39. The van der Waals surface area contributed by atoms with E-state index >= 15 is 0 Å². The van der Waals surface area contributed by atoms with Crippen LogP contribution in [0.5, 0.6) is 0 Å². The van der Waals surface area contributed by atoms with Gasteiger partial charge in [-0.3, -0.25) is 0 Å². The molecule has 7 heteroatoms. The first-order valence-electron chi connectivity index (χ1n) is 26.8. The van der Waals surface area contributed by atoms with Crippen LogP contribution in [-0.2, 0) is 33.2 Å². The molecule has 0 radical (unpaired) electrons. The van der Waals surface area contributed by atoms with Gasteiger partial charge < -0.3 is 33.2 Å². The van der Waals surface area contributed by atoms with Crippen LogP contribution in [0, 0.1) is 0 Å². The van der Waals surface area contributed by atoms with E-state index in [0.29, 0.717) is 13.2 Å². The molecule has 0 heterocycles. The monoisotopic (exact) mass is 867 g/mol. The number of unbranched alkanes of at least 4 members (excludes halogenated alkanes) is 24. The molecule has 0 aliphatic carbocycles. The van der Waals surface area contributed by atoms with Crippen LogP contribution in [0.1, 0.15) is 260 Å². The summed E-state index contributed by atoms with van der Waals surface area (Å²) in [6, 6.07) is 0. The van der Waals surface area contributed by atoms with Crippen molar-refractivity contribution in [2.24, 2.45) is 0 Å². The molecule has 0 amide bonds. The van der Waals surface area contributed by atoms with Crippen molar-refractivity contribution in [2.45, 2.75) is 285 Å². The molecule has 364 valence electrons. The Morgan fingerprint density at radius 1 is 0.279 bits per heavy atom. The standard InChI is InChI=1S/C54H106O7/c1-7-13-17-21-29-37-47-57-51(58-48-38-30-22-18-14-8-2)41-33-25-27-35-43-53(55-45-11-5)61-54(56-46-12-6)44-36-28-26-34-42-52(59-49-39-31-23-19-15-9-3)60-50-40-32-24-20-16-10-4/h35-36,43-44,51-54H,7-34,37-42,45-50H2,1-6H3. The molecule has 0 rings (SSSR count). The van der Waals surface area contributed by atoms with Gasteiger partial charge in [-0.1, -0.05) is 182 Å². The predicted molar refractivity (Wildman–Crippen MR) is 261 cm³/mol. The molecule has 0 aromatic rings. The van der Waals surface area contributed by atoms with E-state index in [9.17, 15) is 0 Å². The smallest absolute Gasteiger partial charge is 0.180 e. The van der Waals surface area contributed by atoms with Crippen LogP contribution >= 0.6 is 0 Å². The Morgan fingerprint density at radius 3 is 0.869 bits per heavy atom. The van der Waals surface area contributed by atoms with Crippen molar-refractivity contribution >= 4 is 0 Å². The lowest BCUT2D eigenvalue weighted by Gasteiger charge is -2.21. The average molecular weight is 867 g/mol. The topological polar surface area (TPSA) is 64.6 Å². The van der Waals surface area contributed by atoms with E-state index < -0.39 is 12.6 Å². The van der Waals surface area contributed by atoms with E-state index in [1.165, 1.54) is 128 Å². The van der Waals surface area contributed by atoms with E-state index in [4.69, 9.17) is 33.2 Å². The molecule has 0 fully saturated rings. The summed E-state index contributed by atoms with van der Waals surface area (Å²) in [5.74, 6) is 0. The molecule has 2 unspecified atom stereocenters. The summed E-state index contributed by atoms with van der Waals surface area (Å²) in [7, 11) is 0. The molecule has 61 heavy (non-hydrogen) atoms. The summed E-state index contributed by atoms with van der Waals surface area (Å²) in [6.45, 7) is 17.9. The number of hydrogen-bond acceptors (Lipinski definition) is 7. The van der Waals surface area contributed by atoms with Gasteiger partial charge in [0.2, 0.25) is 0 Å². The van der Waals surface area contributed by atoms with Crippen molar-refractivity contribution in [3.05, 3.63) is 24.3 Å². The Labute approximate surface area is 380 Å². The van der Waals surface area contributed by atoms with Crippen molar-refractivity contribution < 1.29 is 33.2 Å². The zero-order valence-electron chi connectivity index (χ0n) is 41.8. The van der Waals surface area contributed by atoms with Gasteiger partial charge in [0.05, 0.1) is 0 Å². The summed E-state index contributed by atoms with van der Waals surface area (Å²) >= 11 is 0. The van der Waals surface area contributed by atoms with Crippen molar-refractivity contribution in [3.8, 4) is 0 Å². The fourth-order valence-electron chi connectivity index (χ4n) is 7.26. The molecule has 0 spiro atoms. The third-order valence-electron chi connectivity index (χ3n) is 11.2. The van der Waals surface area contributed by atoms with Gasteiger partial charge in [-0.05, 0) is 102 Å².